The molecular formula is C15H19Br2NO. The molecule has 1 aromatic rings. The predicted octanol–water partition coefficient (Wildman–Crippen LogP) is 4.30. The molecule has 1 aliphatic rings. The van der Waals surface area contributed by atoms with E-state index in [1.807, 2.05) is 25.1 Å². The van der Waals surface area contributed by atoms with E-state index in [9.17, 15) is 4.79 Å². The Morgan fingerprint density at radius 2 is 2.11 bits per heavy atom. The first-order valence-corrected chi connectivity index (χ1v) is 8.63. The number of carbonyl (C=O) groups excluding carboxylic acids is 1. The van der Waals surface area contributed by atoms with Gasteiger partial charge >= 0.3 is 0 Å². The molecule has 1 fully saturated rings. The third-order valence-corrected chi connectivity index (χ3v) is 5.66. The topological polar surface area (TPSA) is 29.1 Å². The van der Waals surface area contributed by atoms with Gasteiger partial charge in [0.25, 0.3) is 5.91 Å². The van der Waals surface area contributed by atoms with Gasteiger partial charge in [0.1, 0.15) is 0 Å². The second kappa shape index (κ2) is 6.89. The Morgan fingerprint density at radius 3 is 2.79 bits per heavy atom. The lowest BCUT2D eigenvalue weighted by molar-refractivity contribution is 0.0944. The number of carbonyl (C=O) groups is 1. The molecule has 1 saturated carbocycles. The van der Waals surface area contributed by atoms with E-state index in [1.165, 1.54) is 19.3 Å². The molecule has 19 heavy (non-hydrogen) atoms. The van der Waals surface area contributed by atoms with E-state index in [1.54, 1.807) is 0 Å². The van der Waals surface area contributed by atoms with Crippen molar-refractivity contribution in [2.75, 3.05) is 11.9 Å². The smallest absolute Gasteiger partial charge is 0.251 e. The van der Waals surface area contributed by atoms with Crippen LogP contribution >= 0.6 is 31.9 Å². The minimum Gasteiger partial charge on any atom is -0.352 e. The number of alkyl halides is 1. The van der Waals surface area contributed by atoms with Crippen molar-refractivity contribution in [1.82, 2.24) is 5.32 Å². The first-order chi connectivity index (χ1) is 9.11. The predicted molar refractivity (Wildman–Crippen MR) is 85.8 cm³/mol. The Morgan fingerprint density at radius 1 is 1.37 bits per heavy atom. The lowest BCUT2D eigenvalue weighted by Gasteiger charge is -2.17. The number of rotatable bonds is 4. The Hall–Kier alpha value is -0.350. The van der Waals surface area contributed by atoms with E-state index in [0.717, 1.165) is 27.5 Å². The van der Waals surface area contributed by atoms with E-state index in [4.69, 9.17) is 0 Å². The zero-order valence-corrected chi connectivity index (χ0v) is 14.3. The van der Waals surface area contributed by atoms with Crippen molar-refractivity contribution in [3.8, 4) is 0 Å². The number of hydrogen-bond acceptors (Lipinski definition) is 1. The van der Waals surface area contributed by atoms with Crippen molar-refractivity contribution < 1.29 is 4.79 Å². The molecule has 0 heterocycles. The van der Waals surface area contributed by atoms with Gasteiger partial charge < -0.3 is 5.32 Å². The van der Waals surface area contributed by atoms with Crippen molar-refractivity contribution in [2.24, 2.45) is 11.8 Å². The Balaban J connectivity index is 1.92. The first kappa shape index (κ1) is 15.0. The highest BCUT2D eigenvalue weighted by Crippen LogP contribution is 2.32. The van der Waals surface area contributed by atoms with Crippen molar-refractivity contribution >= 4 is 37.8 Å². The van der Waals surface area contributed by atoms with Crippen molar-refractivity contribution in [2.45, 2.75) is 26.2 Å². The summed E-state index contributed by atoms with van der Waals surface area (Å²) in [5.74, 6) is 1.36. The first-order valence-electron chi connectivity index (χ1n) is 6.72. The van der Waals surface area contributed by atoms with Crippen molar-refractivity contribution in [3.05, 3.63) is 33.8 Å². The number of amides is 1. The standard InChI is InChI=1S/C15H19Br2NO/c1-10-5-6-11(7-14(10)17)15(19)18-9-13-4-2-3-12(13)8-16/h5-7,12-13H,2-4,8-9H2,1H3,(H,18,19). The highest BCUT2D eigenvalue weighted by atomic mass is 79.9. The van der Waals surface area contributed by atoms with Crippen LogP contribution in [-0.4, -0.2) is 17.8 Å². The minimum atomic E-state index is 0.0286. The van der Waals surface area contributed by atoms with E-state index in [-0.39, 0.29) is 5.91 Å². The fourth-order valence-electron chi connectivity index (χ4n) is 2.65. The van der Waals surface area contributed by atoms with Crippen LogP contribution in [0.15, 0.2) is 22.7 Å². The van der Waals surface area contributed by atoms with Crippen LogP contribution < -0.4 is 5.32 Å². The molecule has 0 bridgehead atoms. The van der Waals surface area contributed by atoms with Gasteiger partial charge in [0, 0.05) is 21.9 Å². The molecule has 4 heteroatoms. The molecule has 2 rings (SSSR count). The van der Waals surface area contributed by atoms with Crippen molar-refractivity contribution in [1.29, 1.82) is 0 Å². The SMILES string of the molecule is Cc1ccc(C(=O)NCC2CCCC2CBr)cc1Br. The van der Waals surface area contributed by atoms with E-state index >= 15 is 0 Å². The quantitative estimate of drug-likeness (QED) is 0.765. The summed E-state index contributed by atoms with van der Waals surface area (Å²) in [7, 11) is 0. The maximum Gasteiger partial charge on any atom is 0.251 e. The molecule has 104 valence electrons. The molecule has 0 aliphatic heterocycles. The normalized spacial score (nSPS) is 22.5. The highest BCUT2D eigenvalue weighted by molar-refractivity contribution is 9.10. The molecule has 1 aliphatic carbocycles. The molecule has 1 aromatic carbocycles. The molecule has 2 unspecified atom stereocenters. The second-order valence-corrected chi connectivity index (χ2v) is 6.78. The van der Waals surface area contributed by atoms with Crippen molar-refractivity contribution in [3.63, 3.8) is 0 Å². The van der Waals surface area contributed by atoms with Crippen LogP contribution in [0.25, 0.3) is 0 Å². The molecule has 2 atom stereocenters. The van der Waals surface area contributed by atoms with Gasteiger partial charge in [0.15, 0.2) is 0 Å². The van der Waals surface area contributed by atoms with E-state index in [0.29, 0.717) is 11.8 Å². The van der Waals surface area contributed by atoms with Gasteiger partial charge in [-0.2, -0.15) is 0 Å². The number of aryl methyl sites for hydroxylation is 1. The average Bonchev–Trinajstić information content (AvgIpc) is 2.86. The average molecular weight is 389 g/mol. The fraction of sp³-hybridized carbons (Fsp3) is 0.533. The van der Waals surface area contributed by atoms with Gasteiger partial charge in [0.05, 0.1) is 0 Å². The third-order valence-electron chi connectivity index (χ3n) is 3.97. The molecule has 1 N–H and O–H groups in total. The van der Waals surface area contributed by atoms with Crippen LogP contribution in [0.2, 0.25) is 0 Å². The Bertz CT molecular complexity index is 461. The monoisotopic (exact) mass is 387 g/mol. The molecule has 0 saturated heterocycles. The summed E-state index contributed by atoms with van der Waals surface area (Å²) < 4.78 is 0.986. The molecule has 0 spiro atoms. The summed E-state index contributed by atoms with van der Waals surface area (Å²) >= 11 is 7.03. The van der Waals surface area contributed by atoms with Gasteiger partial charge in [-0.25, -0.2) is 0 Å². The summed E-state index contributed by atoms with van der Waals surface area (Å²) in [6, 6.07) is 5.74. The summed E-state index contributed by atoms with van der Waals surface area (Å²) in [4.78, 5) is 12.1. The van der Waals surface area contributed by atoms with E-state index in [2.05, 4.69) is 37.2 Å². The van der Waals surface area contributed by atoms with Crippen LogP contribution in [0.1, 0.15) is 35.2 Å². The summed E-state index contributed by atoms with van der Waals surface area (Å²) in [5, 5.41) is 4.12. The number of hydrogen-bond donors (Lipinski definition) is 1. The zero-order chi connectivity index (χ0) is 13.8. The second-order valence-electron chi connectivity index (χ2n) is 5.28. The number of benzene rings is 1. The van der Waals surface area contributed by atoms with Gasteiger partial charge in [-0.05, 0) is 49.3 Å². The summed E-state index contributed by atoms with van der Waals surface area (Å²) in [5.41, 5.74) is 1.87. The molecule has 0 aromatic heterocycles. The molecule has 1 amide bonds. The van der Waals surface area contributed by atoms with Crippen LogP contribution in [0.3, 0.4) is 0 Å². The van der Waals surface area contributed by atoms with Crippen LogP contribution in [-0.2, 0) is 0 Å². The molecular weight excluding hydrogens is 370 g/mol. The summed E-state index contributed by atoms with van der Waals surface area (Å²) in [6.45, 7) is 2.81. The van der Waals surface area contributed by atoms with Gasteiger partial charge in [-0.1, -0.05) is 44.3 Å². The Labute approximate surface area is 131 Å². The third kappa shape index (κ3) is 3.82. The van der Waals surface area contributed by atoms with Crippen LogP contribution in [0.5, 0.6) is 0 Å². The number of nitrogens with one attached hydrogen (secondary N) is 1. The zero-order valence-electron chi connectivity index (χ0n) is 11.1. The minimum absolute atomic E-state index is 0.0286. The van der Waals surface area contributed by atoms with Gasteiger partial charge in [-0.3, -0.25) is 4.79 Å². The maximum atomic E-state index is 12.1. The van der Waals surface area contributed by atoms with Gasteiger partial charge in [-0.15, -0.1) is 0 Å². The largest absolute Gasteiger partial charge is 0.352 e. The number of halogens is 2. The highest BCUT2D eigenvalue weighted by Gasteiger charge is 2.26. The lowest BCUT2D eigenvalue weighted by Crippen LogP contribution is -2.31. The molecule has 2 nitrogen and oxygen atoms in total. The summed E-state index contributed by atoms with van der Waals surface area (Å²) in [6.07, 6.45) is 3.79. The van der Waals surface area contributed by atoms with Crippen LogP contribution in [0, 0.1) is 18.8 Å². The maximum absolute atomic E-state index is 12.1. The lowest BCUT2D eigenvalue weighted by atomic mass is 9.98. The van der Waals surface area contributed by atoms with Crippen LogP contribution in [0.4, 0.5) is 0 Å². The fourth-order valence-corrected chi connectivity index (χ4v) is 3.88. The van der Waals surface area contributed by atoms with Gasteiger partial charge in [0.2, 0.25) is 0 Å². The molecule has 0 radical (unpaired) electrons. The Kier molecular flexibility index (Phi) is 5.46. The van der Waals surface area contributed by atoms with E-state index < -0.39 is 0 Å².